The smallest absolute Gasteiger partial charge is 0.274 e. The third kappa shape index (κ3) is 6.02. The maximum atomic E-state index is 13.3. The van der Waals surface area contributed by atoms with Gasteiger partial charge in [-0.3, -0.25) is 19.1 Å². The van der Waals surface area contributed by atoms with Gasteiger partial charge < -0.3 is 15.0 Å². The van der Waals surface area contributed by atoms with Gasteiger partial charge in [-0.05, 0) is 36.0 Å². The van der Waals surface area contributed by atoms with Crippen LogP contribution in [0.2, 0.25) is 0 Å². The van der Waals surface area contributed by atoms with Gasteiger partial charge in [0, 0.05) is 26.1 Å². The SMILES string of the molecule is CC(=O)c1cc(C(=O)N2CCc3ccccc3C2)nn1CC(=O)N[C@H]1CCCC[C@@H]1OCc1ccccc1. The van der Waals surface area contributed by atoms with E-state index in [4.69, 9.17) is 4.74 Å². The van der Waals surface area contributed by atoms with Crippen LogP contribution in [-0.2, 0) is 35.6 Å². The number of benzene rings is 2. The molecule has 0 spiro atoms. The van der Waals surface area contributed by atoms with Crippen molar-refractivity contribution in [2.75, 3.05) is 6.54 Å². The van der Waals surface area contributed by atoms with Crippen LogP contribution in [0.1, 0.15) is 70.3 Å². The molecule has 8 heteroatoms. The molecule has 0 unspecified atom stereocenters. The number of ketones is 1. The summed E-state index contributed by atoms with van der Waals surface area (Å²) in [4.78, 5) is 40.4. The molecule has 1 aromatic heterocycles. The normalized spacial score (nSPS) is 19.0. The van der Waals surface area contributed by atoms with Crippen LogP contribution in [0.25, 0.3) is 0 Å². The number of aromatic nitrogens is 2. The second kappa shape index (κ2) is 11.7. The minimum Gasteiger partial charge on any atom is -0.371 e. The van der Waals surface area contributed by atoms with Crippen LogP contribution in [0, 0.1) is 0 Å². The molecule has 0 bridgehead atoms. The topological polar surface area (TPSA) is 93.5 Å². The standard InChI is InChI=1S/C30H34N4O4/c1-21(35)27-17-26(30(37)33-16-15-23-11-5-6-12-24(23)18-33)32-34(27)19-29(36)31-25-13-7-8-14-28(25)38-20-22-9-3-2-4-10-22/h2-6,9-12,17,25,28H,7-8,13-16,18-20H2,1H3,(H,31,36)/t25-,28-/m0/s1. The molecule has 1 saturated carbocycles. The molecule has 2 heterocycles. The van der Waals surface area contributed by atoms with E-state index in [0.717, 1.165) is 43.2 Å². The average molecular weight is 515 g/mol. The Morgan fingerprint density at radius 1 is 1.00 bits per heavy atom. The Bertz CT molecular complexity index is 1300. The molecule has 2 atom stereocenters. The first-order valence-electron chi connectivity index (χ1n) is 13.4. The van der Waals surface area contributed by atoms with E-state index in [-0.39, 0.29) is 47.7 Å². The fourth-order valence-electron chi connectivity index (χ4n) is 5.38. The van der Waals surface area contributed by atoms with E-state index in [1.54, 1.807) is 4.90 Å². The lowest BCUT2D eigenvalue weighted by molar-refractivity contribution is -0.124. The lowest BCUT2D eigenvalue weighted by Crippen LogP contribution is -2.47. The Hall–Kier alpha value is -3.78. The fraction of sp³-hybridized carbons (Fsp3) is 0.400. The summed E-state index contributed by atoms with van der Waals surface area (Å²) in [6.45, 7) is 2.88. The molecule has 2 aliphatic rings. The second-order valence-corrected chi connectivity index (χ2v) is 10.2. The van der Waals surface area contributed by atoms with Gasteiger partial charge in [-0.1, -0.05) is 67.4 Å². The summed E-state index contributed by atoms with van der Waals surface area (Å²) < 4.78 is 7.53. The van der Waals surface area contributed by atoms with Gasteiger partial charge in [0.1, 0.15) is 12.2 Å². The molecule has 38 heavy (non-hydrogen) atoms. The number of nitrogens with zero attached hydrogens (tertiary/aromatic N) is 3. The monoisotopic (exact) mass is 514 g/mol. The Kier molecular flexibility index (Phi) is 7.98. The zero-order chi connectivity index (χ0) is 26.5. The summed E-state index contributed by atoms with van der Waals surface area (Å²) in [5, 5.41) is 7.50. The molecule has 3 aromatic rings. The zero-order valence-corrected chi connectivity index (χ0v) is 21.8. The van der Waals surface area contributed by atoms with Crippen LogP contribution in [0.3, 0.4) is 0 Å². The molecule has 2 amide bonds. The first-order valence-corrected chi connectivity index (χ1v) is 13.4. The number of Topliss-reactive ketones (excluding diaryl/α,β-unsaturated/α-hetero) is 1. The first-order chi connectivity index (χ1) is 18.5. The highest BCUT2D eigenvalue weighted by molar-refractivity contribution is 5.98. The number of nitrogens with one attached hydrogen (secondary N) is 1. The highest BCUT2D eigenvalue weighted by Gasteiger charge is 2.29. The summed E-state index contributed by atoms with van der Waals surface area (Å²) in [5.74, 6) is -0.723. The van der Waals surface area contributed by atoms with Crippen LogP contribution >= 0.6 is 0 Å². The van der Waals surface area contributed by atoms with Crippen LogP contribution < -0.4 is 5.32 Å². The number of hydrogen-bond donors (Lipinski definition) is 1. The van der Waals surface area contributed by atoms with Gasteiger partial charge in [0.15, 0.2) is 11.5 Å². The zero-order valence-electron chi connectivity index (χ0n) is 21.8. The van der Waals surface area contributed by atoms with E-state index >= 15 is 0 Å². The second-order valence-electron chi connectivity index (χ2n) is 10.2. The molecule has 8 nitrogen and oxygen atoms in total. The molecule has 1 N–H and O–H groups in total. The molecule has 198 valence electrons. The van der Waals surface area contributed by atoms with Crippen molar-refractivity contribution in [1.82, 2.24) is 20.0 Å². The quantitative estimate of drug-likeness (QED) is 0.460. The Labute approximate surface area is 223 Å². The summed E-state index contributed by atoms with van der Waals surface area (Å²) in [5.41, 5.74) is 3.90. The van der Waals surface area contributed by atoms with Gasteiger partial charge >= 0.3 is 0 Å². The van der Waals surface area contributed by atoms with Gasteiger partial charge in [0.25, 0.3) is 5.91 Å². The fourth-order valence-corrected chi connectivity index (χ4v) is 5.38. The van der Waals surface area contributed by atoms with Gasteiger partial charge in [-0.2, -0.15) is 5.10 Å². The van der Waals surface area contributed by atoms with Crippen molar-refractivity contribution in [2.45, 2.75) is 70.9 Å². The lowest BCUT2D eigenvalue weighted by atomic mass is 9.92. The summed E-state index contributed by atoms with van der Waals surface area (Å²) >= 11 is 0. The molecule has 2 aromatic carbocycles. The molecule has 0 saturated heterocycles. The Morgan fingerprint density at radius 3 is 2.53 bits per heavy atom. The van der Waals surface area contributed by atoms with E-state index in [9.17, 15) is 14.4 Å². The summed E-state index contributed by atoms with van der Waals surface area (Å²) in [6, 6.07) is 19.5. The molecule has 1 aliphatic carbocycles. The van der Waals surface area contributed by atoms with E-state index in [0.29, 0.717) is 19.7 Å². The van der Waals surface area contributed by atoms with Crippen molar-refractivity contribution >= 4 is 17.6 Å². The Morgan fingerprint density at radius 2 is 1.74 bits per heavy atom. The van der Waals surface area contributed by atoms with Crippen LogP contribution in [-0.4, -0.2) is 51.0 Å². The van der Waals surface area contributed by atoms with Crippen molar-refractivity contribution < 1.29 is 19.1 Å². The van der Waals surface area contributed by atoms with E-state index in [2.05, 4.69) is 16.5 Å². The maximum Gasteiger partial charge on any atom is 0.274 e. The predicted molar refractivity (Wildman–Crippen MR) is 143 cm³/mol. The molecule has 1 fully saturated rings. The number of hydrogen-bond acceptors (Lipinski definition) is 5. The molecule has 0 radical (unpaired) electrons. The van der Waals surface area contributed by atoms with Gasteiger partial charge in [0.05, 0.1) is 18.8 Å². The highest BCUT2D eigenvalue weighted by Crippen LogP contribution is 2.23. The van der Waals surface area contributed by atoms with E-state index in [1.807, 2.05) is 48.5 Å². The van der Waals surface area contributed by atoms with Gasteiger partial charge in [-0.15, -0.1) is 0 Å². The van der Waals surface area contributed by atoms with Crippen molar-refractivity contribution in [3.63, 3.8) is 0 Å². The van der Waals surface area contributed by atoms with Crippen LogP contribution in [0.5, 0.6) is 0 Å². The minimum absolute atomic E-state index is 0.0723. The third-order valence-corrected chi connectivity index (χ3v) is 7.43. The van der Waals surface area contributed by atoms with Crippen LogP contribution in [0.4, 0.5) is 0 Å². The number of ether oxygens (including phenoxy) is 1. The van der Waals surface area contributed by atoms with Crippen molar-refractivity contribution in [3.05, 3.63) is 88.7 Å². The maximum absolute atomic E-state index is 13.3. The van der Waals surface area contributed by atoms with Crippen LogP contribution in [0.15, 0.2) is 60.7 Å². The van der Waals surface area contributed by atoms with E-state index in [1.165, 1.54) is 23.2 Å². The molecular weight excluding hydrogens is 480 g/mol. The minimum atomic E-state index is -0.248. The number of carbonyl (C=O) groups is 3. The largest absolute Gasteiger partial charge is 0.371 e. The number of carbonyl (C=O) groups excluding carboxylic acids is 3. The number of amides is 2. The third-order valence-electron chi connectivity index (χ3n) is 7.43. The number of rotatable bonds is 8. The van der Waals surface area contributed by atoms with Gasteiger partial charge in [0.2, 0.25) is 5.91 Å². The van der Waals surface area contributed by atoms with Crippen molar-refractivity contribution in [3.8, 4) is 0 Å². The van der Waals surface area contributed by atoms with Crippen molar-refractivity contribution in [1.29, 1.82) is 0 Å². The van der Waals surface area contributed by atoms with E-state index < -0.39 is 0 Å². The number of fused-ring (bicyclic) bond motifs is 1. The molecular formula is C30H34N4O4. The molecule has 1 aliphatic heterocycles. The Balaban J connectivity index is 1.23. The molecule has 5 rings (SSSR count). The lowest BCUT2D eigenvalue weighted by Gasteiger charge is -2.32. The highest BCUT2D eigenvalue weighted by atomic mass is 16.5. The predicted octanol–water partition coefficient (Wildman–Crippen LogP) is 3.93. The first kappa shape index (κ1) is 25.9. The van der Waals surface area contributed by atoms with Crippen molar-refractivity contribution in [2.24, 2.45) is 0 Å². The summed E-state index contributed by atoms with van der Waals surface area (Å²) in [6.07, 6.45) is 4.51. The van der Waals surface area contributed by atoms with Gasteiger partial charge in [-0.25, -0.2) is 0 Å². The summed E-state index contributed by atoms with van der Waals surface area (Å²) in [7, 11) is 0. The average Bonchev–Trinajstić information content (AvgIpc) is 3.36.